The van der Waals surface area contributed by atoms with Gasteiger partial charge >= 0.3 is 0 Å². The Balaban J connectivity index is 2.37. The molecule has 0 atom stereocenters. The summed E-state index contributed by atoms with van der Waals surface area (Å²) in [6.07, 6.45) is 0. The maximum Gasteiger partial charge on any atom is 0.124 e. The molecule has 0 saturated carbocycles. The Morgan fingerprint density at radius 2 is 2.05 bits per heavy atom. The van der Waals surface area contributed by atoms with Crippen LogP contribution in [-0.4, -0.2) is 52.4 Å². The maximum absolute atomic E-state index is 5.95. The van der Waals surface area contributed by atoms with Crippen LogP contribution in [0.25, 0.3) is 0 Å². The van der Waals surface area contributed by atoms with Crippen LogP contribution in [0.4, 0.5) is 0 Å². The average Bonchev–Trinajstić information content (AvgIpc) is 2.40. The number of ether oxygens (including phenoxy) is 2. The number of nitrogens with one attached hydrogen (secondary N) is 1. The Morgan fingerprint density at radius 1 is 1.26 bits per heavy atom. The van der Waals surface area contributed by atoms with Crippen LogP contribution in [-0.2, 0) is 11.3 Å². The average molecular weight is 287 g/mol. The summed E-state index contributed by atoms with van der Waals surface area (Å²) in [5.41, 5.74) is 1.14. The molecule has 0 amide bonds. The second-order valence-electron chi connectivity index (χ2n) is 4.44. The number of benzene rings is 1. The lowest BCUT2D eigenvalue weighted by Crippen LogP contribution is -2.30. The minimum absolute atomic E-state index is 0.699. The third kappa shape index (κ3) is 6.25. The topological polar surface area (TPSA) is 33.7 Å². The molecule has 19 heavy (non-hydrogen) atoms. The first-order chi connectivity index (χ1) is 9.17. The number of hydrogen-bond donors (Lipinski definition) is 1. The first-order valence-electron chi connectivity index (χ1n) is 6.38. The molecule has 0 aliphatic heterocycles. The highest BCUT2D eigenvalue weighted by atomic mass is 35.5. The van der Waals surface area contributed by atoms with Gasteiger partial charge in [0.25, 0.3) is 0 Å². The van der Waals surface area contributed by atoms with Gasteiger partial charge in [-0.15, -0.1) is 0 Å². The van der Waals surface area contributed by atoms with Gasteiger partial charge in [0.05, 0.1) is 13.7 Å². The van der Waals surface area contributed by atoms with Crippen LogP contribution < -0.4 is 10.1 Å². The Morgan fingerprint density at radius 3 is 2.74 bits per heavy atom. The molecule has 0 fully saturated rings. The zero-order valence-corrected chi connectivity index (χ0v) is 12.7. The molecule has 0 radical (unpaired) electrons. The first kappa shape index (κ1) is 16.2. The summed E-state index contributed by atoms with van der Waals surface area (Å²) < 4.78 is 10.3. The molecular formula is C14H23ClN2O2. The van der Waals surface area contributed by atoms with E-state index < -0.39 is 0 Å². The molecule has 4 nitrogen and oxygen atoms in total. The van der Waals surface area contributed by atoms with Crippen molar-refractivity contribution in [2.75, 3.05) is 47.5 Å². The van der Waals surface area contributed by atoms with Gasteiger partial charge in [-0.05, 0) is 19.2 Å². The monoisotopic (exact) mass is 286 g/mol. The second kappa shape index (κ2) is 9.15. The molecule has 0 aliphatic carbocycles. The van der Waals surface area contributed by atoms with E-state index in [9.17, 15) is 0 Å². The highest BCUT2D eigenvalue weighted by Crippen LogP contribution is 2.23. The zero-order chi connectivity index (χ0) is 14.1. The largest absolute Gasteiger partial charge is 0.496 e. The first-order valence-corrected chi connectivity index (χ1v) is 6.75. The number of methoxy groups -OCH3 is 2. The summed E-state index contributed by atoms with van der Waals surface area (Å²) in [6, 6.07) is 5.75. The van der Waals surface area contributed by atoms with Gasteiger partial charge in [-0.25, -0.2) is 0 Å². The van der Waals surface area contributed by atoms with Gasteiger partial charge in [0.1, 0.15) is 5.75 Å². The molecule has 0 spiro atoms. The zero-order valence-electron chi connectivity index (χ0n) is 11.9. The summed E-state index contributed by atoms with van der Waals surface area (Å²) in [5, 5.41) is 4.02. The highest BCUT2D eigenvalue weighted by molar-refractivity contribution is 6.30. The van der Waals surface area contributed by atoms with Crippen LogP contribution in [0.3, 0.4) is 0 Å². The molecule has 0 aromatic heterocycles. The van der Waals surface area contributed by atoms with Crippen molar-refractivity contribution in [3.8, 4) is 5.75 Å². The van der Waals surface area contributed by atoms with E-state index in [4.69, 9.17) is 21.1 Å². The molecule has 1 aromatic rings. The summed E-state index contributed by atoms with van der Waals surface area (Å²) >= 11 is 5.95. The van der Waals surface area contributed by atoms with Gasteiger partial charge < -0.3 is 19.7 Å². The van der Waals surface area contributed by atoms with Crippen LogP contribution in [0.5, 0.6) is 5.75 Å². The van der Waals surface area contributed by atoms with Gasteiger partial charge in [-0.1, -0.05) is 17.7 Å². The van der Waals surface area contributed by atoms with Crippen LogP contribution in [0.15, 0.2) is 18.2 Å². The molecule has 108 valence electrons. The van der Waals surface area contributed by atoms with E-state index in [1.54, 1.807) is 14.2 Å². The number of halogens is 1. The number of hydrogen-bond acceptors (Lipinski definition) is 4. The Kier molecular flexibility index (Phi) is 7.82. The van der Waals surface area contributed by atoms with Crippen molar-refractivity contribution < 1.29 is 9.47 Å². The molecule has 1 N–H and O–H groups in total. The second-order valence-corrected chi connectivity index (χ2v) is 4.87. The van der Waals surface area contributed by atoms with Crippen molar-refractivity contribution in [3.63, 3.8) is 0 Å². The molecule has 1 rings (SSSR count). The highest BCUT2D eigenvalue weighted by Gasteiger charge is 2.06. The molecule has 5 heteroatoms. The lowest BCUT2D eigenvalue weighted by Gasteiger charge is -2.18. The minimum atomic E-state index is 0.699. The fraction of sp³-hybridized carbons (Fsp3) is 0.571. The minimum Gasteiger partial charge on any atom is -0.496 e. The van der Waals surface area contributed by atoms with E-state index in [2.05, 4.69) is 17.3 Å². The van der Waals surface area contributed by atoms with Gasteiger partial charge in [0, 0.05) is 43.9 Å². The van der Waals surface area contributed by atoms with Crippen LogP contribution in [0.1, 0.15) is 5.56 Å². The molecule has 0 bridgehead atoms. The van der Waals surface area contributed by atoms with Gasteiger partial charge in [0.2, 0.25) is 0 Å². The number of likely N-dealkylation sites (N-methyl/N-ethyl adjacent to an activating group) is 1. The van der Waals surface area contributed by atoms with Crippen molar-refractivity contribution in [2.24, 2.45) is 0 Å². The fourth-order valence-electron chi connectivity index (χ4n) is 1.79. The van der Waals surface area contributed by atoms with Crippen molar-refractivity contribution in [1.29, 1.82) is 0 Å². The van der Waals surface area contributed by atoms with Gasteiger partial charge in [0.15, 0.2) is 0 Å². The molecule has 0 aliphatic rings. The number of nitrogens with zero attached hydrogens (tertiary/aromatic N) is 1. The smallest absolute Gasteiger partial charge is 0.124 e. The lowest BCUT2D eigenvalue weighted by atomic mass is 10.2. The van der Waals surface area contributed by atoms with Gasteiger partial charge in [-0.2, -0.15) is 0 Å². The SMILES string of the molecule is COCCNCCN(C)Cc1ccc(Cl)cc1OC. The van der Waals surface area contributed by atoms with E-state index in [0.29, 0.717) is 5.02 Å². The molecule has 1 aromatic carbocycles. The van der Waals surface area contributed by atoms with E-state index in [1.165, 1.54) is 0 Å². The molecular weight excluding hydrogens is 264 g/mol. The normalized spacial score (nSPS) is 11.0. The van der Waals surface area contributed by atoms with Crippen molar-refractivity contribution in [1.82, 2.24) is 10.2 Å². The quantitative estimate of drug-likeness (QED) is 0.704. The Labute approximate surface area is 120 Å². The van der Waals surface area contributed by atoms with Gasteiger partial charge in [-0.3, -0.25) is 0 Å². The fourth-order valence-corrected chi connectivity index (χ4v) is 1.95. The summed E-state index contributed by atoms with van der Waals surface area (Å²) in [4.78, 5) is 2.24. The van der Waals surface area contributed by atoms with Crippen molar-refractivity contribution in [2.45, 2.75) is 6.54 Å². The third-order valence-electron chi connectivity index (χ3n) is 2.84. The summed E-state index contributed by atoms with van der Waals surface area (Å²) in [7, 11) is 5.47. The van der Waals surface area contributed by atoms with Crippen molar-refractivity contribution in [3.05, 3.63) is 28.8 Å². The predicted molar refractivity (Wildman–Crippen MR) is 79.1 cm³/mol. The Hall–Kier alpha value is -0.810. The third-order valence-corrected chi connectivity index (χ3v) is 3.08. The van der Waals surface area contributed by atoms with E-state index in [1.807, 2.05) is 18.2 Å². The molecule has 0 saturated heterocycles. The van der Waals surface area contributed by atoms with Crippen LogP contribution in [0, 0.1) is 0 Å². The lowest BCUT2D eigenvalue weighted by molar-refractivity contribution is 0.197. The molecule has 0 heterocycles. The van der Waals surface area contributed by atoms with Crippen LogP contribution in [0.2, 0.25) is 5.02 Å². The Bertz CT molecular complexity index is 374. The van der Waals surface area contributed by atoms with E-state index >= 15 is 0 Å². The standard InChI is InChI=1S/C14H23ClN2O2/c1-17(8-6-16-7-9-18-2)11-12-4-5-13(15)10-14(12)19-3/h4-5,10,16H,6-9,11H2,1-3H3. The summed E-state index contributed by atoms with van der Waals surface area (Å²) in [6.45, 7) is 4.38. The summed E-state index contributed by atoms with van der Waals surface area (Å²) in [5.74, 6) is 0.840. The van der Waals surface area contributed by atoms with Crippen molar-refractivity contribution >= 4 is 11.6 Å². The van der Waals surface area contributed by atoms with E-state index in [-0.39, 0.29) is 0 Å². The predicted octanol–water partition coefficient (Wildman–Crippen LogP) is 2.02. The van der Waals surface area contributed by atoms with Crippen LogP contribution >= 0.6 is 11.6 Å². The van der Waals surface area contributed by atoms with E-state index in [0.717, 1.165) is 44.1 Å². The molecule has 0 unspecified atom stereocenters. The maximum atomic E-state index is 5.95. The number of rotatable bonds is 9.